The number of aromatic nitrogens is 2. The summed E-state index contributed by atoms with van der Waals surface area (Å²) >= 11 is 0. The molecule has 2 rings (SSSR count). The first-order valence-electron chi connectivity index (χ1n) is 6.20. The molecule has 0 aliphatic rings. The van der Waals surface area contributed by atoms with E-state index in [9.17, 15) is 0 Å². The largest absolute Gasteiger partial charge is 0.318 e. The van der Waals surface area contributed by atoms with Crippen LogP contribution in [0.1, 0.15) is 18.8 Å². The molecule has 1 atom stereocenters. The van der Waals surface area contributed by atoms with Gasteiger partial charge in [-0.1, -0.05) is 37.3 Å². The Balaban J connectivity index is 2.40. The summed E-state index contributed by atoms with van der Waals surface area (Å²) in [4.78, 5) is 6.72. The van der Waals surface area contributed by atoms with Crippen molar-refractivity contribution in [1.82, 2.24) is 14.5 Å². The summed E-state index contributed by atoms with van der Waals surface area (Å²) < 4.78 is 2.20. The summed E-state index contributed by atoms with van der Waals surface area (Å²) in [5.74, 6) is 0. The van der Waals surface area contributed by atoms with Crippen molar-refractivity contribution in [2.75, 3.05) is 14.1 Å². The molecule has 95 valence electrons. The second kappa shape index (κ2) is 5.36. The summed E-state index contributed by atoms with van der Waals surface area (Å²) in [7, 11) is 4.15. The number of hydrogen-bond donors (Lipinski definition) is 0. The van der Waals surface area contributed by atoms with Gasteiger partial charge in [-0.05, 0) is 27.4 Å². The summed E-state index contributed by atoms with van der Waals surface area (Å²) in [6, 6.07) is 10.3. The van der Waals surface area contributed by atoms with E-state index in [1.54, 1.807) is 0 Å². The molecule has 0 bridgehead atoms. The van der Waals surface area contributed by atoms with Gasteiger partial charge >= 0.3 is 0 Å². The van der Waals surface area contributed by atoms with Crippen LogP contribution in [0.4, 0.5) is 0 Å². The highest BCUT2D eigenvalue weighted by atomic mass is 15.3. The Labute approximate surface area is 109 Å². The molecule has 0 aliphatic carbocycles. The van der Waals surface area contributed by atoms with Crippen LogP contribution in [0.3, 0.4) is 0 Å². The molecule has 1 radical (unpaired) electrons. The number of hydrogen-bond acceptors (Lipinski definition) is 2. The normalized spacial score (nSPS) is 12.9. The number of nitrogens with zero attached hydrogens (tertiary/aromatic N) is 3. The van der Waals surface area contributed by atoms with Crippen LogP contribution in [0, 0.1) is 13.3 Å². The first-order chi connectivity index (χ1) is 8.65. The van der Waals surface area contributed by atoms with Crippen molar-refractivity contribution in [2.45, 2.75) is 20.0 Å². The van der Waals surface area contributed by atoms with Gasteiger partial charge in [-0.15, -0.1) is 0 Å². The molecule has 1 aromatic heterocycles. The van der Waals surface area contributed by atoms with Crippen LogP contribution in [0.5, 0.6) is 0 Å². The fourth-order valence-electron chi connectivity index (χ4n) is 2.28. The molecular formula is C15H20N3. The third kappa shape index (κ3) is 2.31. The number of imidazole rings is 1. The average molecular weight is 242 g/mol. The van der Waals surface area contributed by atoms with Gasteiger partial charge in [0, 0.05) is 11.3 Å². The Kier molecular flexibility index (Phi) is 3.82. The van der Waals surface area contributed by atoms with Gasteiger partial charge in [0.2, 0.25) is 0 Å². The lowest BCUT2D eigenvalue weighted by atomic mass is 10.1. The van der Waals surface area contributed by atoms with E-state index in [4.69, 9.17) is 0 Å². The van der Waals surface area contributed by atoms with Crippen molar-refractivity contribution in [2.24, 2.45) is 0 Å². The highest BCUT2D eigenvalue weighted by molar-refractivity contribution is 5.61. The summed E-state index contributed by atoms with van der Waals surface area (Å²) in [5.41, 5.74) is 3.42. The van der Waals surface area contributed by atoms with Crippen LogP contribution in [0.2, 0.25) is 0 Å². The summed E-state index contributed by atoms with van der Waals surface area (Å²) in [5, 5.41) is 0. The zero-order valence-electron chi connectivity index (χ0n) is 11.5. The molecular weight excluding hydrogens is 222 g/mol. The van der Waals surface area contributed by atoms with Crippen molar-refractivity contribution < 1.29 is 0 Å². The van der Waals surface area contributed by atoms with E-state index >= 15 is 0 Å². The minimum absolute atomic E-state index is 0.245. The van der Waals surface area contributed by atoms with Gasteiger partial charge in [0.25, 0.3) is 0 Å². The van der Waals surface area contributed by atoms with Crippen molar-refractivity contribution in [3.05, 3.63) is 48.8 Å². The zero-order valence-corrected chi connectivity index (χ0v) is 11.5. The van der Waals surface area contributed by atoms with E-state index in [0.717, 1.165) is 5.69 Å². The van der Waals surface area contributed by atoms with Gasteiger partial charge in [-0.25, -0.2) is 4.98 Å². The van der Waals surface area contributed by atoms with Crippen LogP contribution < -0.4 is 0 Å². The smallest absolute Gasteiger partial charge is 0.0969 e. The molecule has 0 amide bonds. The average Bonchev–Trinajstić information content (AvgIpc) is 2.73. The number of rotatable bonds is 4. The molecule has 1 heterocycles. The highest BCUT2D eigenvalue weighted by Gasteiger charge is 2.16. The maximum atomic E-state index is 4.55. The molecule has 0 N–H and O–H groups in total. The lowest BCUT2D eigenvalue weighted by Gasteiger charge is -2.25. The van der Waals surface area contributed by atoms with Crippen molar-refractivity contribution >= 4 is 0 Å². The second-order valence-corrected chi connectivity index (χ2v) is 4.66. The van der Waals surface area contributed by atoms with Crippen LogP contribution in [-0.4, -0.2) is 28.5 Å². The minimum atomic E-state index is 0.245. The predicted molar refractivity (Wildman–Crippen MR) is 75.1 cm³/mol. The molecule has 1 aromatic carbocycles. The monoisotopic (exact) mass is 242 g/mol. The topological polar surface area (TPSA) is 21.1 Å². The van der Waals surface area contributed by atoms with Gasteiger partial charge < -0.3 is 4.57 Å². The standard InChI is InChI=1S/C15H20N3/c1-5-14(17(3)4)18-11-16-15(12(18)2)13-9-7-6-8-10-13/h5-11,14H,1-4H3. The molecule has 1 unspecified atom stereocenters. The Morgan fingerprint density at radius 2 is 1.89 bits per heavy atom. The Morgan fingerprint density at radius 3 is 2.44 bits per heavy atom. The van der Waals surface area contributed by atoms with E-state index in [-0.39, 0.29) is 6.17 Å². The molecule has 0 spiro atoms. The lowest BCUT2D eigenvalue weighted by Crippen LogP contribution is -2.25. The van der Waals surface area contributed by atoms with E-state index in [1.165, 1.54) is 11.3 Å². The minimum Gasteiger partial charge on any atom is -0.318 e. The van der Waals surface area contributed by atoms with Crippen molar-refractivity contribution in [1.29, 1.82) is 0 Å². The van der Waals surface area contributed by atoms with Crippen molar-refractivity contribution in [3.8, 4) is 11.3 Å². The van der Waals surface area contributed by atoms with Crippen LogP contribution >= 0.6 is 0 Å². The van der Waals surface area contributed by atoms with Gasteiger partial charge in [0.15, 0.2) is 0 Å². The fraction of sp³-hybridized carbons (Fsp3) is 0.333. The van der Waals surface area contributed by atoms with E-state index < -0.39 is 0 Å². The number of benzene rings is 1. The van der Waals surface area contributed by atoms with Gasteiger partial charge in [-0.3, -0.25) is 4.90 Å². The van der Waals surface area contributed by atoms with E-state index in [2.05, 4.69) is 60.9 Å². The summed E-state index contributed by atoms with van der Waals surface area (Å²) in [6.07, 6.45) is 4.33. The maximum Gasteiger partial charge on any atom is 0.0969 e. The maximum absolute atomic E-state index is 4.55. The molecule has 3 nitrogen and oxygen atoms in total. The zero-order chi connectivity index (χ0) is 13.1. The second-order valence-electron chi connectivity index (χ2n) is 4.66. The first-order valence-corrected chi connectivity index (χ1v) is 6.20. The highest BCUT2D eigenvalue weighted by Crippen LogP contribution is 2.25. The SMILES string of the molecule is C[CH]C(N(C)C)n1cnc(-c2ccccc2)c1C. The third-order valence-electron chi connectivity index (χ3n) is 3.20. The Morgan fingerprint density at radius 1 is 1.22 bits per heavy atom. The third-order valence-corrected chi connectivity index (χ3v) is 3.20. The molecule has 0 aliphatic heterocycles. The Bertz CT molecular complexity index is 500. The van der Waals surface area contributed by atoms with Gasteiger partial charge in [-0.2, -0.15) is 0 Å². The van der Waals surface area contributed by atoms with Crippen LogP contribution in [0.25, 0.3) is 11.3 Å². The fourth-order valence-corrected chi connectivity index (χ4v) is 2.28. The van der Waals surface area contributed by atoms with E-state index in [0.29, 0.717) is 0 Å². The van der Waals surface area contributed by atoms with Crippen LogP contribution in [0.15, 0.2) is 36.7 Å². The predicted octanol–water partition coefficient (Wildman–Crippen LogP) is 3.14. The molecule has 0 fully saturated rings. The Hall–Kier alpha value is -1.61. The lowest BCUT2D eigenvalue weighted by molar-refractivity contribution is 0.249. The molecule has 2 aromatic rings. The van der Waals surface area contributed by atoms with Gasteiger partial charge in [0.05, 0.1) is 18.2 Å². The molecule has 0 saturated carbocycles. The summed E-state index contributed by atoms with van der Waals surface area (Å²) in [6.45, 7) is 4.20. The molecule has 3 heteroatoms. The molecule has 0 saturated heterocycles. The van der Waals surface area contributed by atoms with Gasteiger partial charge in [0.1, 0.15) is 0 Å². The molecule has 18 heavy (non-hydrogen) atoms. The van der Waals surface area contributed by atoms with E-state index in [1.807, 2.05) is 24.5 Å². The van der Waals surface area contributed by atoms with Crippen LogP contribution in [-0.2, 0) is 0 Å². The quantitative estimate of drug-likeness (QED) is 0.821. The first kappa shape index (κ1) is 12.8. The van der Waals surface area contributed by atoms with Crippen molar-refractivity contribution in [3.63, 3.8) is 0 Å².